The van der Waals surface area contributed by atoms with E-state index in [-0.39, 0.29) is 12.5 Å². The molecule has 1 aromatic carbocycles. The molecular formula is C15H18OS. The predicted molar refractivity (Wildman–Crippen MR) is 73.6 cm³/mol. The minimum Gasteiger partial charge on any atom is -0.396 e. The fraction of sp³-hybridized carbons (Fsp3) is 0.333. The van der Waals surface area contributed by atoms with E-state index >= 15 is 0 Å². The predicted octanol–water partition coefficient (Wildman–Crippen LogP) is 3.77. The molecule has 0 aliphatic carbocycles. The molecule has 1 unspecified atom stereocenters. The van der Waals surface area contributed by atoms with Crippen molar-refractivity contribution < 1.29 is 5.11 Å². The summed E-state index contributed by atoms with van der Waals surface area (Å²) in [6.07, 6.45) is 2.07. The first-order valence-corrected chi connectivity index (χ1v) is 6.88. The lowest BCUT2D eigenvalue weighted by molar-refractivity contribution is 0.259. The van der Waals surface area contributed by atoms with E-state index in [4.69, 9.17) is 0 Å². The zero-order valence-electron chi connectivity index (χ0n) is 10.1. The second kappa shape index (κ2) is 5.99. The molecule has 0 radical (unpaired) electrons. The van der Waals surface area contributed by atoms with Gasteiger partial charge in [-0.05, 0) is 42.3 Å². The first-order chi connectivity index (χ1) is 8.31. The fourth-order valence-corrected chi connectivity index (χ4v) is 2.89. The van der Waals surface area contributed by atoms with Crippen molar-refractivity contribution in [3.8, 4) is 0 Å². The molecule has 0 bridgehead atoms. The number of hydrogen-bond acceptors (Lipinski definition) is 2. The molecule has 1 aromatic heterocycles. The number of benzene rings is 1. The molecule has 0 aliphatic heterocycles. The van der Waals surface area contributed by atoms with Crippen LogP contribution in [0.15, 0.2) is 41.8 Å². The van der Waals surface area contributed by atoms with E-state index in [0.717, 1.165) is 12.8 Å². The number of rotatable bonds is 5. The average molecular weight is 246 g/mol. The highest BCUT2D eigenvalue weighted by molar-refractivity contribution is 7.09. The van der Waals surface area contributed by atoms with Crippen LogP contribution in [-0.2, 0) is 6.42 Å². The molecule has 1 heterocycles. The number of aryl methyl sites for hydroxylation is 2. The molecule has 0 saturated carbocycles. The molecule has 90 valence electrons. The van der Waals surface area contributed by atoms with Gasteiger partial charge in [-0.25, -0.2) is 0 Å². The third-order valence-electron chi connectivity index (χ3n) is 3.17. The van der Waals surface area contributed by atoms with Gasteiger partial charge in [-0.1, -0.05) is 30.3 Å². The average Bonchev–Trinajstić information content (AvgIpc) is 2.85. The minimum atomic E-state index is 0.232. The van der Waals surface area contributed by atoms with Gasteiger partial charge in [0.05, 0.1) is 0 Å². The van der Waals surface area contributed by atoms with Crippen LogP contribution in [0.1, 0.15) is 28.3 Å². The Morgan fingerprint density at radius 3 is 2.65 bits per heavy atom. The Morgan fingerprint density at radius 1 is 1.18 bits per heavy atom. The first kappa shape index (κ1) is 12.3. The van der Waals surface area contributed by atoms with Crippen LogP contribution in [0, 0.1) is 6.92 Å². The monoisotopic (exact) mass is 246 g/mol. The third-order valence-corrected chi connectivity index (χ3v) is 4.10. The summed E-state index contributed by atoms with van der Waals surface area (Å²) in [5.74, 6) is 0.262. The number of thiophene rings is 1. The standard InChI is InChI=1S/C15H18OS/c1-12-5-2-3-7-15(12)13(11-16)8-9-14-6-4-10-17-14/h2-7,10,13,16H,8-9,11H2,1H3. The highest BCUT2D eigenvalue weighted by atomic mass is 32.1. The molecule has 1 nitrogen and oxygen atoms in total. The van der Waals surface area contributed by atoms with Crippen molar-refractivity contribution in [2.75, 3.05) is 6.61 Å². The molecule has 0 amide bonds. The lowest BCUT2D eigenvalue weighted by Crippen LogP contribution is -2.07. The van der Waals surface area contributed by atoms with Crippen LogP contribution < -0.4 is 0 Å². The maximum Gasteiger partial charge on any atom is 0.0499 e. The van der Waals surface area contributed by atoms with Gasteiger partial charge in [0.1, 0.15) is 0 Å². The van der Waals surface area contributed by atoms with E-state index in [9.17, 15) is 5.11 Å². The van der Waals surface area contributed by atoms with E-state index in [1.807, 2.05) is 6.07 Å². The lowest BCUT2D eigenvalue weighted by atomic mass is 9.91. The van der Waals surface area contributed by atoms with Crippen molar-refractivity contribution in [1.29, 1.82) is 0 Å². The molecule has 2 heteroatoms. The molecule has 0 aliphatic rings. The van der Waals surface area contributed by atoms with Gasteiger partial charge >= 0.3 is 0 Å². The van der Waals surface area contributed by atoms with E-state index in [1.165, 1.54) is 16.0 Å². The van der Waals surface area contributed by atoms with Crippen molar-refractivity contribution in [3.63, 3.8) is 0 Å². The molecular weight excluding hydrogens is 228 g/mol. The van der Waals surface area contributed by atoms with Crippen LogP contribution in [0.5, 0.6) is 0 Å². The van der Waals surface area contributed by atoms with Crippen molar-refractivity contribution in [3.05, 3.63) is 57.8 Å². The quantitative estimate of drug-likeness (QED) is 0.851. The summed E-state index contributed by atoms with van der Waals surface area (Å²) in [6.45, 7) is 2.35. The maximum atomic E-state index is 9.54. The Hall–Kier alpha value is -1.12. The SMILES string of the molecule is Cc1ccccc1C(CO)CCc1cccs1. The molecule has 0 saturated heterocycles. The summed E-state index contributed by atoms with van der Waals surface area (Å²) in [5, 5.41) is 11.6. The van der Waals surface area contributed by atoms with Crippen LogP contribution in [0.3, 0.4) is 0 Å². The Labute approximate surface area is 107 Å². The third kappa shape index (κ3) is 3.18. The zero-order valence-corrected chi connectivity index (χ0v) is 10.9. The summed E-state index contributed by atoms with van der Waals surface area (Å²) in [4.78, 5) is 1.40. The molecule has 2 rings (SSSR count). The van der Waals surface area contributed by atoms with Crippen LogP contribution in [-0.4, -0.2) is 11.7 Å². The van der Waals surface area contributed by atoms with Gasteiger partial charge in [-0.2, -0.15) is 0 Å². The Kier molecular flexibility index (Phi) is 4.35. The van der Waals surface area contributed by atoms with Crippen molar-refractivity contribution >= 4 is 11.3 Å². The summed E-state index contributed by atoms with van der Waals surface area (Å²) in [6, 6.07) is 12.6. The van der Waals surface area contributed by atoms with Gasteiger partial charge < -0.3 is 5.11 Å². The number of hydrogen-bond donors (Lipinski definition) is 1. The van der Waals surface area contributed by atoms with Gasteiger partial charge in [0.2, 0.25) is 0 Å². The van der Waals surface area contributed by atoms with Crippen LogP contribution in [0.2, 0.25) is 0 Å². The van der Waals surface area contributed by atoms with Crippen molar-refractivity contribution in [2.24, 2.45) is 0 Å². The second-order valence-corrected chi connectivity index (χ2v) is 5.39. The van der Waals surface area contributed by atoms with E-state index in [0.29, 0.717) is 0 Å². The van der Waals surface area contributed by atoms with Gasteiger partial charge in [0, 0.05) is 17.4 Å². The van der Waals surface area contributed by atoms with Gasteiger partial charge in [0.25, 0.3) is 0 Å². The van der Waals surface area contributed by atoms with Crippen LogP contribution >= 0.6 is 11.3 Å². The molecule has 0 fully saturated rings. The summed E-state index contributed by atoms with van der Waals surface area (Å²) in [5.41, 5.74) is 2.56. The Bertz CT molecular complexity index is 448. The summed E-state index contributed by atoms with van der Waals surface area (Å²) in [7, 11) is 0. The van der Waals surface area contributed by atoms with Crippen LogP contribution in [0.4, 0.5) is 0 Å². The van der Waals surface area contributed by atoms with E-state index < -0.39 is 0 Å². The molecule has 2 aromatic rings. The summed E-state index contributed by atoms with van der Waals surface area (Å²) >= 11 is 1.79. The number of aliphatic hydroxyl groups is 1. The Balaban J connectivity index is 2.04. The summed E-state index contributed by atoms with van der Waals surface area (Å²) < 4.78 is 0. The Morgan fingerprint density at radius 2 is 2.00 bits per heavy atom. The van der Waals surface area contributed by atoms with Gasteiger partial charge in [-0.3, -0.25) is 0 Å². The fourth-order valence-electron chi connectivity index (χ4n) is 2.16. The smallest absolute Gasteiger partial charge is 0.0499 e. The number of aliphatic hydroxyl groups excluding tert-OH is 1. The van der Waals surface area contributed by atoms with Crippen molar-refractivity contribution in [2.45, 2.75) is 25.7 Å². The van der Waals surface area contributed by atoms with Gasteiger partial charge in [-0.15, -0.1) is 11.3 Å². The lowest BCUT2D eigenvalue weighted by Gasteiger charge is -2.16. The largest absolute Gasteiger partial charge is 0.396 e. The topological polar surface area (TPSA) is 20.2 Å². The van der Waals surface area contributed by atoms with E-state index in [2.05, 4.69) is 42.6 Å². The normalized spacial score (nSPS) is 12.6. The molecule has 0 spiro atoms. The first-order valence-electron chi connectivity index (χ1n) is 6.00. The highest BCUT2D eigenvalue weighted by Gasteiger charge is 2.12. The maximum absolute atomic E-state index is 9.54. The molecule has 1 N–H and O–H groups in total. The second-order valence-electron chi connectivity index (χ2n) is 4.35. The van der Waals surface area contributed by atoms with E-state index in [1.54, 1.807) is 11.3 Å². The minimum absolute atomic E-state index is 0.232. The zero-order chi connectivity index (χ0) is 12.1. The highest BCUT2D eigenvalue weighted by Crippen LogP contribution is 2.25. The molecule has 17 heavy (non-hydrogen) atoms. The van der Waals surface area contributed by atoms with Gasteiger partial charge in [0.15, 0.2) is 0 Å². The van der Waals surface area contributed by atoms with Crippen LogP contribution in [0.25, 0.3) is 0 Å². The van der Waals surface area contributed by atoms with Crippen molar-refractivity contribution in [1.82, 2.24) is 0 Å². The molecule has 1 atom stereocenters.